The zero-order valence-corrected chi connectivity index (χ0v) is 13.9. The van der Waals surface area contributed by atoms with E-state index in [0.717, 1.165) is 29.3 Å². The second kappa shape index (κ2) is 7.18. The highest BCUT2D eigenvalue weighted by molar-refractivity contribution is 8.02. The van der Waals surface area contributed by atoms with E-state index in [1.165, 1.54) is 0 Å². The Morgan fingerprint density at radius 3 is 2.00 bits per heavy atom. The number of alkyl halides is 3. The fourth-order valence-electron chi connectivity index (χ4n) is 1.64. The molecule has 116 valence electrons. The summed E-state index contributed by atoms with van der Waals surface area (Å²) >= 11 is 18.4. The molecule has 0 unspecified atom stereocenters. The summed E-state index contributed by atoms with van der Waals surface area (Å²) in [6.07, 6.45) is -4.54. The van der Waals surface area contributed by atoms with Crippen LogP contribution in [0.15, 0.2) is 52.8 Å². The molecule has 0 saturated carbocycles. The van der Waals surface area contributed by atoms with Crippen LogP contribution in [-0.2, 0) is 0 Å². The van der Waals surface area contributed by atoms with Crippen LogP contribution in [0.1, 0.15) is 5.56 Å². The third kappa shape index (κ3) is 4.35. The Morgan fingerprint density at radius 1 is 0.955 bits per heavy atom. The van der Waals surface area contributed by atoms with Crippen molar-refractivity contribution in [1.29, 1.82) is 0 Å². The third-order valence-electron chi connectivity index (χ3n) is 2.66. The van der Waals surface area contributed by atoms with Crippen molar-refractivity contribution in [2.45, 2.75) is 11.1 Å². The molecule has 0 bridgehead atoms. The van der Waals surface area contributed by atoms with Crippen molar-refractivity contribution in [2.75, 3.05) is 0 Å². The first-order valence-corrected chi connectivity index (χ1v) is 7.94. The van der Waals surface area contributed by atoms with E-state index in [-0.39, 0.29) is 20.6 Å². The number of rotatable bonds is 3. The molecular weight excluding hydrogens is 376 g/mol. The summed E-state index contributed by atoms with van der Waals surface area (Å²) in [7, 11) is 0. The average molecular weight is 384 g/mol. The van der Waals surface area contributed by atoms with Gasteiger partial charge in [-0.2, -0.15) is 13.2 Å². The summed E-state index contributed by atoms with van der Waals surface area (Å²) in [6, 6.07) is 11.0. The maximum Gasteiger partial charge on any atom is 0.417 e. The van der Waals surface area contributed by atoms with Crippen molar-refractivity contribution in [3.05, 3.63) is 68.5 Å². The first-order valence-electron chi connectivity index (χ1n) is 5.93. The van der Waals surface area contributed by atoms with Gasteiger partial charge in [-0.15, -0.1) is 0 Å². The van der Waals surface area contributed by atoms with Crippen LogP contribution < -0.4 is 0 Å². The largest absolute Gasteiger partial charge is 0.417 e. The van der Waals surface area contributed by atoms with E-state index in [4.69, 9.17) is 34.8 Å². The van der Waals surface area contributed by atoms with Gasteiger partial charge in [0.15, 0.2) is 0 Å². The quantitative estimate of drug-likeness (QED) is 0.394. The van der Waals surface area contributed by atoms with Gasteiger partial charge in [-0.1, -0.05) is 64.8 Å². The lowest BCUT2D eigenvalue weighted by Gasteiger charge is -2.13. The summed E-state index contributed by atoms with van der Waals surface area (Å²) in [6.45, 7) is 0. The molecule has 0 spiro atoms. The zero-order valence-electron chi connectivity index (χ0n) is 10.8. The van der Waals surface area contributed by atoms with Gasteiger partial charge in [-0.3, -0.25) is 0 Å². The lowest BCUT2D eigenvalue weighted by Crippen LogP contribution is -2.10. The maximum atomic E-state index is 13.3. The van der Waals surface area contributed by atoms with Crippen molar-refractivity contribution >= 4 is 52.1 Å². The summed E-state index contributed by atoms with van der Waals surface area (Å²) in [4.78, 5) is 0.690. The minimum atomic E-state index is -4.54. The Balaban J connectivity index is 2.43. The molecule has 0 aromatic heterocycles. The van der Waals surface area contributed by atoms with Gasteiger partial charge in [0, 0.05) is 4.90 Å². The van der Waals surface area contributed by atoms with Crippen molar-refractivity contribution in [2.24, 2.45) is 0 Å². The standard InChI is InChI=1S/C15H8Cl3F3S/c16-12-6-9(7-13(17)14(12)18)11(15(19,20)21)8-22-10-4-2-1-3-5-10/h1-8H/b11-8-. The molecule has 0 atom stereocenters. The van der Waals surface area contributed by atoms with Crippen molar-refractivity contribution in [3.63, 3.8) is 0 Å². The van der Waals surface area contributed by atoms with Crippen molar-refractivity contribution < 1.29 is 13.2 Å². The molecule has 0 amide bonds. The van der Waals surface area contributed by atoms with Crippen LogP contribution in [-0.4, -0.2) is 6.18 Å². The first kappa shape index (κ1) is 17.5. The third-order valence-corrected chi connectivity index (χ3v) is 4.75. The average Bonchev–Trinajstić information content (AvgIpc) is 2.44. The van der Waals surface area contributed by atoms with Crippen LogP contribution in [0.25, 0.3) is 5.57 Å². The van der Waals surface area contributed by atoms with Crippen LogP contribution in [0.2, 0.25) is 15.1 Å². The molecule has 0 aliphatic rings. The van der Waals surface area contributed by atoms with Crippen LogP contribution in [0.3, 0.4) is 0 Å². The highest BCUT2D eigenvalue weighted by Gasteiger charge is 2.35. The number of thioether (sulfide) groups is 1. The molecule has 0 aliphatic carbocycles. The van der Waals surface area contributed by atoms with Gasteiger partial charge in [-0.25, -0.2) is 0 Å². The molecule has 0 saturated heterocycles. The van der Waals surface area contributed by atoms with Crippen LogP contribution in [0, 0.1) is 0 Å². The minimum absolute atomic E-state index is 0.0240. The summed E-state index contributed by atoms with van der Waals surface area (Å²) < 4.78 is 39.8. The number of hydrogen-bond donors (Lipinski definition) is 0. The molecule has 0 nitrogen and oxygen atoms in total. The van der Waals surface area contributed by atoms with E-state index in [0.29, 0.717) is 4.90 Å². The fraction of sp³-hybridized carbons (Fsp3) is 0.0667. The molecule has 0 aliphatic heterocycles. The molecule has 0 fully saturated rings. The molecule has 22 heavy (non-hydrogen) atoms. The molecule has 0 heterocycles. The number of hydrogen-bond acceptors (Lipinski definition) is 1. The molecule has 2 rings (SSSR count). The van der Waals surface area contributed by atoms with E-state index in [2.05, 4.69) is 0 Å². The molecule has 2 aromatic carbocycles. The molecule has 0 radical (unpaired) electrons. The monoisotopic (exact) mass is 382 g/mol. The minimum Gasteiger partial charge on any atom is -0.166 e. The summed E-state index contributed by atoms with van der Waals surface area (Å²) in [5.74, 6) is 0. The topological polar surface area (TPSA) is 0 Å². The zero-order chi connectivity index (χ0) is 16.3. The lowest BCUT2D eigenvalue weighted by molar-refractivity contribution is -0.0687. The number of halogens is 6. The normalized spacial score (nSPS) is 12.5. The smallest absolute Gasteiger partial charge is 0.166 e. The van der Waals surface area contributed by atoms with Crippen LogP contribution >= 0.6 is 46.6 Å². The van der Waals surface area contributed by atoms with E-state index >= 15 is 0 Å². The molecule has 0 N–H and O–H groups in total. The van der Waals surface area contributed by atoms with E-state index < -0.39 is 11.7 Å². The van der Waals surface area contributed by atoms with Crippen LogP contribution in [0.4, 0.5) is 13.2 Å². The SMILES string of the molecule is FC(F)(F)/C(=C\Sc1ccccc1)c1cc(Cl)c(Cl)c(Cl)c1. The highest BCUT2D eigenvalue weighted by Crippen LogP contribution is 2.41. The summed E-state index contributed by atoms with van der Waals surface area (Å²) in [5, 5.41) is 1.02. The fourth-order valence-corrected chi connectivity index (χ4v) is 3.07. The second-order valence-electron chi connectivity index (χ2n) is 4.21. The van der Waals surface area contributed by atoms with Gasteiger partial charge < -0.3 is 0 Å². The van der Waals surface area contributed by atoms with Gasteiger partial charge in [0.1, 0.15) is 0 Å². The van der Waals surface area contributed by atoms with Gasteiger partial charge in [0.05, 0.1) is 20.6 Å². The second-order valence-corrected chi connectivity index (χ2v) is 6.35. The molecule has 2 aromatic rings. The maximum absolute atomic E-state index is 13.3. The lowest BCUT2D eigenvalue weighted by atomic mass is 10.1. The first-order chi connectivity index (χ1) is 10.3. The summed E-state index contributed by atoms with van der Waals surface area (Å²) in [5.41, 5.74) is -0.961. The van der Waals surface area contributed by atoms with Crippen molar-refractivity contribution in [1.82, 2.24) is 0 Å². The number of allylic oxidation sites excluding steroid dienone is 1. The van der Waals surface area contributed by atoms with Crippen molar-refractivity contribution in [3.8, 4) is 0 Å². The van der Waals surface area contributed by atoms with Gasteiger partial charge in [-0.05, 0) is 35.2 Å². The predicted molar refractivity (Wildman–Crippen MR) is 87.8 cm³/mol. The van der Waals surface area contributed by atoms with Gasteiger partial charge >= 0.3 is 6.18 Å². The van der Waals surface area contributed by atoms with Gasteiger partial charge in [0.25, 0.3) is 0 Å². The Hall–Kier alpha value is -0.810. The van der Waals surface area contributed by atoms with E-state index in [1.54, 1.807) is 30.3 Å². The Morgan fingerprint density at radius 2 is 1.50 bits per heavy atom. The van der Waals surface area contributed by atoms with Crippen LogP contribution in [0.5, 0.6) is 0 Å². The molecule has 7 heteroatoms. The Bertz CT molecular complexity index is 674. The van der Waals surface area contributed by atoms with E-state index in [1.807, 2.05) is 0 Å². The number of benzene rings is 2. The molecular formula is C15H8Cl3F3S. The van der Waals surface area contributed by atoms with E-state index in [9.17, 15) is 13.2 Å². The van der Waals surface area contributed by atoms with Gasteiger partial charge in [0.2, 0.25) is 0 Å². The predicted octanol–water partition coefficient (Wildman–Crippen LogP) is 7.34. The Labute approximate surface area is 144 Å². The Kier molecular flexibility index (Phi) is 5.72. The highest BCUT2D eigenvalue weighted by atomic mass is 35.5.